The van der Waals surface area contributed by atoms with E-state index in [4.69, 9.17) is 16.0 Å². The number of alkyl halides is 2. The fourth-order valence-electron chi connectivity index (χ4n) is 2.57. The number of carbonyl (C=O) groups excluding carboxylic acids is 1. The van der Waals surface area contributed by atoms with E-state index in [9.17, 15) is 13.6 Å². The van der Waals surface area contributed by atoms with Crippen molar-refractivity contribution in [1.29, 1.82) is 0 Å². The van der Waals surface area contributed by atoms with Crippen LogP contribution in [0, 0.1) is 6.92 Å². The molecule has 0 saturated carbocycles. The number of rotatable bonds is 10. The normalized spacial score (nSPS) is 11.1. The summed E-state index contributed by atoms with van der Waals surface area (Å²) in [5.74, 6) is 0.588. The highest BCUT2D eigenvalue weighted by atomic mass is 127. The third-order valence-corrected chi connectivity index (χ3v) is 4.23. The highest BCUT2D eigenvalue weighted by Crippen LogP contribution is 2.25. The molecule has 0 spiro atoms. The molecule has 0 fully saturated rings. The smallest absolute Gasteiger partial charge is 0.387 e. The Morgan fingerprint density at radius 2 is 1.97 bits per heavy atom. The van der Waals surface area contributed by atoms with Crippen LogP contribution in [0.2, 0.25) is 5.02 Å². The number of amides is 1. The number of nitrogens with zero attached hydrogens (tertiary/aromatic N) is 1. The highest BCUT2D eigenvalue weighted by Gasteiger charge is 2.12. The maximum absolute atomic E-state index is 12.6. The number of hydrogen-bond donors (Lipinski definition) is 3. The van der Waals surface area contributed by atoms with E-state index in [2.05, 4.69) is 25.7 Å². The number of carbonyl (C=O) groups is 1. The maximum atomic E-state index is 12.6. The quantitative estimate of drug-likeness (QED) is 0.171. The van der Waals surface area contributed by atoms with Crippen molar-refractivity contribution < 1.29 is 22.7 Å². The molecular weight excluding hydrogens is 545 g/mol. The number of aliphatic imine (C=N–C) groups is 1. The van der Waals surface area contributed by atoms with Crippen molar-refractivity contribution in [2.75, 3.05) is 19.6 Å². The molecule has 7 nitrogen and oxygen atoms in total. The lowest BCUT2D eigenvalue weighted by Gasteiger charge is -2.13. The van der Waals surface area contributed by atoms with Gasteiger partial charge in [-0.05, 0) is 44.5 Å². The molecule has 1 aromatic heterocycles. The van der Waals surface area contributed by atoms with Crippen LogP contribution >= 0.6 is 35.6 Å². The van der Waals surface area contributed by atoms with Crippen molar-refractivity contribution in [3.8, 4) is 5.75 Å². The van der Waals surface area contributed by atoms with Gasteiger partial charge in [0.1, 0.15) is 5.75 Å². The molecule has 1 amide bonds. The number of aryl methyl sites for hydroxylation is 1. The van der Waals surface area contributed by atoms with Gasteiger partial charge in [-0.3, -0.25) is 4.79 Å². The minimum absolute atomic E-state index is 0. The first-order valence-electron chi connectivity index (χ1n) is 9.48. The third kappa shape index (κ3) is 9.30. The zero-order valence-corrected chi connectivity index (χ0v) is 20.3. The molecule has 0 radical (unpaired) electrons. The molecule has 172 valence electrons. The Bertz CT molecular complexity index is 865. The molecule has 31 heavy (non-hydrogen) atoms. The molecule has 2 rings (SSSR count). The third-order valence-electron chi connectivity index (χ3n) is 3.99. The zero-order valence-electron chi connectivity index (χ0n) is 17.2. The average Bonchev–Trinajstić information content (AvgIpc) is 3.13. The Morgan fingerprint density at radius 3 is 2.61 bits per heavy atom. The number of ether oxygens (including phenoxy) is 1. The first kappa shape index (κ1) is 27.0. The fraction of sp³-hybridized carbons (Fsp3) is 0.400. The minimum Gasteiger partial charge on any atom is -0.459 e. The summed E-state index contributed by atoms with van der Waals surface area (Å²) in [6.45, 7) is 2.50. The topological polar surface area (TPSA) is 87.9 Å². The molecule has 1 heterocycles. The Morgan fingerprint density at radius 1 is 1.23 bits per heavy atom. The van der Waals surface area contributed by atoms with Gasteiger partial charge in [0.05, 0.1) is 12.8 Å². The molecule has 0 bridgehead atoms. The minimum atomic E-state index is -2.93. The Balaban J connectivity index is 0.00000480. The lowest BCUT2D eigenvalue weighted by atomic mass is 10.2. The standard InChI is InChI=1S/C20H25ClF2N4O3.HI/c1-3-24-20(26-9-4-8-25-18(28)17-13(2)7-10-29-17)27-12-14-11-15(21)5-6-16(14)30-19(22)23;/h5-7,10-11,19H,3-4,8-9,12H2,1-2H3,(H,25,28)(H2,24,26,27);1H. The van der Waals surface area contributed by atoms with Gasteiger partial charge in [0.25, 0.3) is 5.91 Å². The highest BCUT2D eigenvalue weighted by molar-refractivity contribution is 14.0. The molecule has 0 aliphatic carbocycles. The molecular formula is C20H26ClF2IN4O3. The summed E-state index contributed by atoms with van der Waals surface area (Å²) in [5, 5.41) is 9.39. The van der Waals surface area contributed by atoms with Crippen LogP contribution in [0.15, 0.2) is 39.9 Å². The Hall–Kier alpha value is -2.08. The predicted molar refractivity (Wildman–Crippen MR) is 127 cm³/mol. The van der Waals surface area contributed by atoms with Crippen molar-refractivity contribution in [1.82, 2.24) is 16.0 Å². The Kier molecular flexibility index (Phi) is 12.2. The number of halogens is 4. The summed E-state index contributed by atoms with van der Waals surface area (Å²) in [4.78, 5) is 16.4. The van der Waals surface area contributed by atoms with Crippen LogP contribution in [0.3, 0.4) is 0 Å². The average molecular weight is 571 g/mol. The lowest BCUT2D eigenvalue weighted by molar-refractivity contribution is -0.0504. The van der Waals surface area contributed by atoms with E-state index in [0.29, 0.717) is 48.4 Å². The van der Waals surface area contributed by atoms with E-state index in [-0.39, 0.29) is 42.2 Å². The van der Waals surface area contributed by atoms with Gasteiger partial charge in [-0.1, -0.05) is 11.6 Å². The predicted octanol–water partition coefficient (Wildman–Crippen LogP) is 4.34. The van der Waals surface area contributed by atoms with E-state index in [1.165, 1.54) is 18.4 Å². The van der Waals surface area contributed by atoms with Crippen LogP contribution in [-0.2, 0) is 6.54 Å². The largest absolute Gasteiger partial charge is 0.459 e. The molecule has 0 atom stereocenters. The molecule has 0 unspecified atom stereocenters. The van der Waals surface area contributed by atoms with E-state index in [0.717, 1.165) is 5.56 Å². The van der Waals surface area contributed by atoms with Gasteiger partial charge in [-0.2, -0.15) is 8.78 Å². The number of guanidine groups is 1. The summed E-state index contributed by atoms with van der Waals surface area (Å²) in [6.07, 6.45) is 2.12. The second-order valence-electron chi connectivity index (χ2n) is 6.29. The van der Waals surface area contributed by atoms with E-state index < -0.39 is 6.61 Å². The SMILES string of the molecule is CCNC(=NCc1cc(Cl)ccc1OC(F)F)NCCCNC(=O)c1occc1C.I. The second-order valence-corrected chi connectivity index (χ2v) is 6.73. The summed E-state index contributed by atoms with van der Waals surface area (Å²) >= 11 is 5.96. The van der Waals surface area contributed by atoms with Gasteiger partial charge in [0.15, 0.2) is 11.7 Å². The van der Waals surface area contributed by atoms with Crippen molar-refractivity contribution in [2.45, 2.75) is 33.4 Å². The monoisotopic (exact) mass is 570 g/mol. The second kappa shape index (κ2) is 14.1. The van der Waals surface area contributed by atoms with E-state index in [1.807, 2.05) is 6.92 Å². The fourth-order valence-corrected chi connectivity index (χ4v) is 2.77. The molecule has 0 saturated heterocycles. The van der Waals surface area contributed by atoms with Crippen LogP contribution in [0.25, 0.3) is 0 Å². The van der Waals surface area contributed by atoms with Gasteiger partial charge < -0.3 is 25.1 Å². The van der Waals surface area contributed by atoms with E-state index >= 15 is 0 Å². The zero-order chi connectivity index (χ0) is 21.9. The summed E-state index contributed by atoms with van der Waals surface area (Å²) in [5.41, 5.74) is 1.23. The van der Waals surface area contributed by atoms with Crippen LogP contribution in [0.1, 0.15) is 35.0 Å². The molecule has 11 heteroatoms. The molecule has 1 aromatic carbocycles. The molecule has 2 aromatic rings. The maximum Gasteiger partial charge on any atom is 0.387 e. The van der Waals surface area contributed by atoms with Gasteiger partial charge in [-0.25, -0.2) is 4.99 Å². The van der Waals surface area contributed by atoms with Gasteiger partial charge in [0, 0.05) is 35.8 Å². The first-order chi connectivity index (χ1) is 14.4. The van der Waals surface area contributed by atoms with Crippen molar-refractivity contribution in [3.05, 3.63) is 52.4 Å². The number of furan rings is 1. The van der Waals surface area contributed by atoms with Crippen LogP contribution < -0.4 is 20.7 Å². The summed E-state index contributed by atoms with van der Waals surface area (Å²) in [6, 6.07) is 6.14. The first-order valence-corrected chi connectivity index (χ1v) is 9.86. The Labute approximate surface area is 202 Å². The van der Waals surface area contributed by atoms with Gasteiger partial charge in [-0.15, -0.1) is 24.0 Å². The van der Waals surface area contributed by atoms with Crippen LogP contribution in [0.4, 0.5) is 8.78 Å². The molecule has 0 aliphatic heterocycles. The van der Waals surface area contributed by atoms with Gasteiger partial charge in [0.2, 0.25) is 0 Å². The molecule has 3 N–H and O–H groups in total. The van der Waals surface area contributed by atoms with E-state index in [1.54, 1.807) is 19.1 Å². The number of nitrogens with one attached hydrogen (secondary N) is 3. The van der Waals surface area contributed by atoms with Crippen molar-refractivity contribution in [2.24, 2.45) is 4.99 Å². The molecule has 0 aliphatic rings. The number of hydrogen-bond acceptors (Lipinski definition) is 4. The number of benzene rings is 1. The van der Waals surface area contributed by atoms with Crippen LogP contribution in [0.5, 0.6) is 5.75 Å². The van der Waals surface area contributed by atoms with Gasteiger partial charge >= 0.3 is 6.61 Å². The lowest BCUT2D eigenvalue weighted by Crippen LogP contribution is -2.38. The summed E-state index contributed by atoms with van der Waals surface area (Å²) < 4.78 is 34.8. The van der Waals surface area contributed by atoms with Crippen molar-refractivity contribution >= 4 is 47.4 Å². The summed E-state index contributed by atoms with van der Waals surface area (Å²) in [7, 11) is 0. The van der Waals surface area contributed by atoms with Crippen LogP contribution in [-0.4, -0.2) is 38.1 Å². The van der Waals surface area contributed by atoms with Crippen molar-refractivity contribution in [3.63, 3.8) is 0 Å².